The minimum Gasteiger partial charge on any atom is -0.310 e. The molecule has 6 aliphatic carbocycles. The molecule has 0 unspecified atom stereocenters. The van der Waals surface area contributed by atoms with E-state index < -0.39 is 0 Å². The van der Waals surface area contributed by atoms with E-state index in [-0.39, 0.29) is 16.2 Å². The van der Waals surface area contributed by atoms with Gasteiger partial charge in [0.1, 0.15) is 0 Å². The van der Waals surface area contributed by atoms with Gasteiger partial charge in [-0.3, -0.25) is 0 Å². The molecule has 1 spiro atoms. The van der Waals surface area contributed by atoms with E-state index in [1.54, 1.807) is 11.1 Å². The van der Waals surface area contributed by atoms with Crippen molar-refractivity contribution in [3.63, 3.8) is 0 Å². The summed E-state index contributed by atoms with van der Waals surface area (Å²) in [5.74, 6) is 3.41. The van der Waals surface area contributed by atoms with Crippen LogP contribution in [-0.2, 0) is 16.2 Å². The highest BCUT2D eigenvalue weighted by Gasteiger charge is 2.62. The molecule has 4 bridgehead atoms. The summed E-state index contributed by atoms with van der Waals surface area (Å²) in [4.78, 5) is 2.52. The Hall–Kier alpha value is -4.10. The van der Waals surface area contributed by atoms with E-state index in [0.29, 0.717) is 0 Å². The quantitative estimate of drug-likeness (QED) is 0.189. The van der Waals surface area contributed by atoms with Gasteiger partial charge in [-0.15, -0.1) is 0 Å². The summed E-state index contributed by atoms with van der Waals surface area (Å²) in [7, 11) is 0. The molecule has 5 aromatic rings. The molecule has 6 aliphatic rings. The van der Waals surface area contributed by atoms with Gasteiger partial charge in [-0.05, 0) is 154 Å². The minimum atomic E-state index is 0.0982. The Morgan fingerprint density at radius 3 is 1.78 bits per heavy atom. The van der Waals surface area contributed by atoms with Crippen molar-refractivity contribution in [2.45, 2.75) is 88.9 Å². The molecule has 1 heteroatoms. The molecule has 0 saturated heterocycles. The third kappa shape index (κ3) is 4.17. The van der Waals surface area contributed by atoms with E-state index in [9.17, 15) is 0 Å². The van der Waals surface area contributed by atoms with Crippen LogP contribution < -0.4 is 4.90 Å². The molecule has 5 aromatic carbocycles. The fourth-order valence-electron chi connectivity index (χ4n) is 12.1. The zero-order valence-corrected chi connectivity index (χ0v) is 29.7. The number of nitrogens with zero attached hydrogens (tertiary/aromatic N) is 1. The Morgan fingerprint density at radius 1 is 0.469 bits per heavy atom. The topological polar surface area (TPSA) is 3.24 Å². The van der Waals surface area contributed by atoms with Crippen LogP contribution in [0.15, 0.2) is 115 Å². The maximum atomic E-state index is 2.52. The summed E-state index contributed by atoms with van der Waals surface area (Å²) in [5, 5.41) is 0. The number of rotatable bonds is 4. The molecule has 0 amide bonds. The molecule has 0 atom stereocenters. The van der Waals surface area contributed by atoms with Crippen molar-refractivity contribution in [2.24, 2.45) is 23.7 Å². The van der Waals surface area contributed by atoms with Gasteiger partial charge in [0.2, 0.25) is 0 Å². The summed E-state index contributed by atoms with van der Waals surface area (Å²) < 4.78 is 0. The van der Waals surface area contributed by atoms with Crippen LogP contribution in [0.4, 0.5) is 17.1 Å². The smallest absolute Gasteiger partial charge is 0.0502 e. The zero-order chi connectivity index (χ0) is 33.1. The Bertz CT molecular complexity index is 2050. The van der Waals surface area contributed by atoms with Crippen LogP contribution in [0.2, 0.25) is 0 Å². The van der Waals surface area contributed by atoms with Gasteiger partial charge in [-0.2, -0.15) is 0 Å². The van der Waals surface area contributed by atoms with Crippen LogP contribution in [0.3, 0.4) is 0 Å². The molecular formula is C48H49N. The maximum Gasteiger partial charge on any atom is 0.0502 e. The van der Waals surface area contributed by atoms with E-state index in [1.165, 1.54) is 95.4 Å². The number of hydrogen-bond acceptors (Lipinski definition) is 1. The lowest BCUT2D eigenvalue weighted by Gasteiger charge is -2.61. The van der Waals surface area contributed by atoms with Crippen molar-refractivity contribution in [1.29, 1.82) is 0 Å². The molecule has 11 rings (SSSR count). The van der Waals surface area contributed by atoms with Crippen LogP contribution in [0.25, 0.3) is 22.3 Å². The molecule has 49 heavy (non-hydrogen) atoms. The van der Waals surface area contributed by atoms with Crippen LogP contribution in [0.5, 0.6) is 0 Å². The minimum absolute atomic E-state index is 0.0982. The van der Waals surface area contributed by atoms with E-state index in [1.807, 2.05) is 0 Å². The van der Waals surface area contributed by atoms with Crippen LogP contribution >= 0.6 is 0 Å². The van der Waals surface area contributed by atoms with Crippen molar-refractivity contribution in [2.75, 3.05) is 4.90 Å². The normalized spacial score (nSPS) is 27.8. The molecule has 0 radical (unpaired) electrons. The van der Waals surface area contributed by atoms with Crippen LogP contribution in [-0.4, -0.2) is 0 Å². The lowest BCUT2D eigenvalue weighted by atomic mass is 9.42. The third-order valence-electron chi connectivity index (χ3n) is 14.1. The summed E-state index contributed by atoms with van der Waals surface area (Å²) in [6, 6.07) is 44.4. The first kappa shape index (κ1) is 29.8. The van der Waals surface area contributed by atoms with Gasteiger partial charge < -0.3 is 4.90 Å². The molecule has 1 nitrogen and oxygen atoms in total. The summed E-state index contributed by atoms with van der Waals surface area (Å²) >= 11 is 0. The number of benzene rings is 5. The lowest BCUT2D eigenvalue weighted by molar-refractivity contribution is -0.0397. The molecule has 0 aromatic heterocycles. The zero-order valence-electron chi connectivity index (χ0n) is 29.7. The molecule has 0 heterocycles. The second-order valence-electron chi connectivity index (χ2n) is 17.6. The first-order valence-corrected chi connectivity index (χ1v) is 19.1. The first-order valence-electron chi connectivity index (χ1n) is 19.1. The highest BCUT2D eigenvalue weighted by Crippen LogP contribution is 2.70. The number of anilines is 3. The predicted octanol–water partition coefficient (Wildman–Crippen LogP) is 12.9. The van der Waals surface area contributed by atoms with Gasteiger partial charge in [0, 0.05) is 16.8 Å². The van der Waals surface area contributed by atoms with Gasteiger partial charge in [0.05, 0.1) is 5.69 Å². The number of fused-ring (bicyclic) bond motifs is 4. The van der Waals surface area contributed by atoms with Crippen molar-refractivity contribution in [3.05, 3.63) is 138 Å². The molecular weight excluding hydrogens is 591 g/mol. The van der Waals surface area contributed by atoms with Gasteiger partial charge in [-0.25, -0.2) is 0 Å². The fourth-order valence-corrected chi connectivity index (χ4v) is 12.1. The highest BCUT2D eigenvalue weighted by atomic mass is 15.1. The monoisotopic (exact) mass is 639 g/mol. The van der Waals surface area contributed by atoms with Crippen LogP contribution in [0, 0.1) is 23.7 Å². The Labute approximate surface area is 293 Å². The Morgan fingerprint density at radius 2 is 1.04 bits per heavy atom. The van der Waals surface area contributed by atoms with E-state index in [2.05, 4.69) is 148 Å². The number of para-hydroxylation sites is 1. The summed E-state index contributed by atoms with van der Waals surface area (Å²) in [6.07, 6.45) is 9.54. The number of hydrogen-bond donors (Lipinski definition) is 0. The average Bonchev–Trinajstić information content (AvgIpc) is 3.41. The second kappa shape index (κ2) is 10.5. The summed E-state index contributed by atoms with van der Waals surface area (Å²) in [5.41, 5.74) is 16.3. The second-order valence-corrected chi connectivity index (χ2v) is 17.6. The van der Waals surface area contributed by atoms with Crippen molar-refractivity contribution >= 4 is 17.1 Å². The van der Waals surface area contributed by atoms with Crippen LogP contribution in [0.1, 0.15) is 94.9 Å². The van der Waals surface area contributed by atoms with E-state index in [4.69, 9.17) is 0 Å². The standard InChI is InChI=1S/C48H49N/c1-46(2)24-25-47(3,4)45-42(46)18-11-19-43(45)49(36-12-6-5-7-13-36)37-22-20-33(21-23-37)38-15-10-16-40-39-14-8-9-17-41(39)48(44(38)40)34-27-31-26-32(29-34)30-35(48)28-31/h5-23,31-32,34-35H,24-30H2,1-4H3. The third-order valence-corrected chi connectivity index (χ3v) is 14.1. The van der Waals surface area contributed by atoms with Crippen molar-refractivity contribution in [3.8, 4) is 22.3 Å². The first-order chi connectivity index (χ1) is 23.8. The van der Waals surface area contributed by atoms with E-state index >= 15 is 0 Å². The molecule has 0 aliphatic heterocycles. The SMILES string of the molecule is CC1(C)CCC(C)(C)c2c(N(c3ccccc3)c3ccc(-c4cccc5c4C4(c6ccccc6-5)C5CC6CC(C5)CC4C6)cc3)cccc21. The largest absolute Gasteiger partial charge is 0.310 e. The Kier molecular flexibility index (Phi) is 6.36. The van der Waals surface area contributed by atoms with Crippen molar-refractivity contribution < 1.29 is 0 Å². The average molecular weight is 640 g/mol. The van der Waals surface area contributed by atoms with Gasteiger partial charge in [-0.1, -0.05) is 113 Å². The maximum absolute atomic E-state index is 2.52. The van der Waals surface area contributed by atoms with Gasteiger partial charge >= 0.3 is 0 Å². The Balaban J connectivity index is 1.13. The molecule has 4 saturated carbocycles. The van der Waals surface area contributed by atoms with Gasteiger partial charge in [0.15, 0.2) is 0 Å². The molecule has 0 N–H and O–H groups in total. The molecule has 4 fully saturated rings. The highest BCUT2D eigenvalue weighted by molar-refractivity contribution is 5.90. The van der Waals surface area contributed by atoms with E-state index in [0.717, 1.165) is 23.7 Å². The molecule has 246 valence electrons. The lowest BCUT2D eigenvalue weighted by Crippen LogP contribution is -2.55. The summed E-state index contributed by atoms with van der Waals surface area (Å²) in [6.45, 7) is 9.76. The van der Waals surface area contributed by atoms with Crippen molar-refractivity contribution in [1.82, 2.24) is 0 Å². The fraction of sp³-hybridized carbons (Fsp3) is 0.375. The predicted molar refractivity (Wildman–Crippen MR) is 205 cm³/mol. The van der Waals surface area contributed by atoms with Gasteiger partial charge in [0.25, 0.3) is 0 Å².